The van der Waals surface area contributed by atoms with Crippen LogP contribution in [0.4, 0.5) is 24.7 Å². The van der Waals surface area contributed by atoms with Crippen LogP contribution in [-0.2, 0) is 23.9 Å². The summed E-state index contributed by atoms with van der Waals surface area (Å²) in [6, 6.07) is 6.51. The first-order chi connectivity index (χ1) is 23.1. The van der Waals surface area contributed by atoms with Crippen LogP contribution in [0.2, 0.25) is 5.02 Å². The molecule has 0 aliphatic carbocycles. The van der Waals surface area contributed by atoms with E-state index in [4.69, 9.17) is 26.3 Å². The monoisotopic (exact) mass is 686 g/mol. The second-order valence-corrected chi connectivity index (χ2v) is 13.5. The normalized spacial score (nSPS) is 22.4. The molecule has 0 spiro atoms. The summed E-state index contributed by atoms with van der Waals surface area (Å²) < 4.78 is 48.5. The van der Waals surface area contributed by atoms with E-state index in [1.165, 1.54) is 31.0 Å². The summed E-state index contributed by atoms with van der Waals surface area (Å²) in [6.07, 6.45) is 3.90. The molecule has 0 radical (unpaired) electrons. The molecule has 4 aliphatic rings. The maximum atomic E-state index is 14.1. The first-order valence-corrected chi connectivity index (χ1v) is 17.1. The van der Waals surface area contributed by atoms with Gasteiger partial charge in [0.25, 0.3) is 0 Å². The van der Waals surface area contributed by atoms with E-state index in [9.17, 15) is 23.2 Å². The van der Waals surface area contributed by atoms with E-state index < -0.39 is 11.7 Å². The van der Waals surface area contributed by atoms with Crippen molar-refractivity contribution in [3.05, 3.63) is 52.2 Å². The van der Waals surface area contributed by atoms with Crippen LogP contribution in [0.1, 0.15) is 48.9 Å². The highest BCUT2D eigenvalue weighted by atomic mass is 35.5. The van der Waals surface area contributed by atoms with Gasteiger partial charge in [-0.25, -0.2) is 0 Å². The molecule has 0 N–H and O–H groups in total. The molecule has 2 atom stereocenters. The third-order valence-corrected chi connectivity index (χ3v) is 10.2. The fourth-order valence-electron chi connectivity index (χ4n) is 7.32. The Morgan fingerprint density at radius 1 is 1.08 bits per heavy atom. The minimum absolute atomic E-state index is 0.00913. The molecule has 0 unspecified atom stereocenters. The lowest BCUT2D eigenvalue weighted by Crippen LogP contribution is -2.55. The van der Waals surface area contributed by atoms with Crippen LogP contribution in [0.25, 0.3) is 0 Å². The Morgan fingerprint density at radius 2 is 1.90 bits per heavy atom. The lowest BCUT2D eigenvalue weighted by atomic mass is 10.0. The molecule has 258 valence electrons. The van der Waals surface area contributed by atoms with E-state index in [0.717, 1.165) is 44.6 Å². The van der Waals surface area contributed by atoms with Crippen molar-refractivity contribution in [1.82, 2.24) is 24.7 Å². The van der Waals surface area contributed by atoms with E-state index in [2.05, 4.69) is 27.8 Å². The zero-order valence-corrected chi connectivity index (χ0v) is 28.0. The molecule has 5 heterocycles. The number of ether oxygens (including phenoxy) is 1. The topological polar surface area (TPSA) is 92.1 Å². The number of aromatic nitrogens is 2. The molecule has 10 nitrogen and oxygen atoms in total. The molecule has 48 heavy (non-hydrogen) atoms. The fourth-order valence-corrected chi connectivity index (χ4v) is 7.60. The molecule has 14 heteroatoms. The summed E-state index contributed by atoms with van der Waals surface area (Å²) in [4.78, 5) is 32.9. The number of carbonyl (C=O) groups is 1. The van der Waals surface area contributed by atoms with Crippen LogP contribution < -0.4 is 14.5 Å². The molecule has 0 saturated carbocycles. The average Bonchev–Trinajstić information content (AvgIpc) is 3.74. The Hall–Kier alpha value is -3.60. The number of nitrogens with zero attached hydrogens (tertiary/aromatic N) is 8. The van der Waals surface area contributed by atoms with Gasteiger partial charge in [-0.15, -0.1) is 0 Å². The second-order valence-electron chi connectivity index (χ2n) is 13.0. The SMILES string of the molecule is CN1CCC[C@H]1COc1nc2c(c(N3CCN(C(=O)/C=C/CN4CCCC4)[C@@H](CC#N)C3)n1)CCN(c1cccc(Cl)c1C(F)(F)F)C2. The summed E-state index contributed by atoms with van der Waals surface area (Å²) in [5.74, 6) is 0.539. The average molecular weight is 687 g/mol. The molecule has 4 aliphatic heterocycles. The van der Waals surface area contributed by atoms with E-state index in [1.807, 2.05) is 6.08 Å². The van der Waals surface area contributed by atoms with Crippen molar-refractivity contribution < 1.29 is 22.7 Å². The van der Waals surface area contributed by atoms with Crippen LogP contribution >= 0.6 is 11.6 Å². The molecule has 3 fully saturated rings. The molecule has 6 rings (SSSR count). The number of halogens is 4. The third-order valence-electron chi connectivity index (χ3n) is 9.93. The van der Waals surface area contributed by atoms with Gasteiger partial charge in [0.15, 0.2) is 0 Å². The van der Waals surface area contributed by atoms with Crippen LogP contribution in [0.15, 0.2) is 30.4 Å². The smallest absolute Gasteiger partial charge is 0.419 e. The van der Waals surface area contributed by atoms with E-state index in [0.29, 0.717) is 50.7 Å². The van der Waals surface area contributed by atoms with E-state index in [1.54, 1.807) is 15.9 Å². The van der Waals surface area contributed by atoms with Gasteiger partial charge in [0.1, 0.15) is 12.4 Å². The Labute approximate surface area is 284 Å². The van der Waals surface area contributed by atoms with Gasteiger partial charge in [0.05, 0.1) is 47.0 Å². The number of hydrogen-bond acceptors (Lipinski definition) is 9. The largest absolute Gasteiger partial charge is 0.462 e. The minimum atomic E-state index is -4.62. The molecule has 2 aromatic rings. The van der Waals surface area contributed by atoms with Gasteiger partial charge < -0.3 is 24.3 Å². The van der Waals surface area contributed by atoms with Crippen molar-refractivity contribution in [2.75, 3.05) is 75.8 Å². The number of anilines is 2. The highest BCUT2D eigenvalue weighted by molar-refractivity contribution is 6.31. The molecule has 1 amide bonds. The molecular formula is C34H42ClF3N8O2. The summed E-state index contributed by atoms with van der Waals surface area (Å²) in [6.45, 7) is 5.91. The number of amides is 1. The predicted molar refractivity (Wildman–Crippen MR) is 177 cm³/mol. The number of benzene rings is 1. The van der Waals surface area contributed by atoms with Crippen molar-refractivity contribution in [3.63, 3.8) is 0 Å². The van der Waals surface area contributed by atoms with Gasteiger partial charge in [-0.1, -0.05) is 23.7 Å². The van der Waals surface area contributed by atoms with Gasteiger partial charge in [-0.2, -0.15) is 28.4 Å². The lowest BCUT2D eigenvalue weighted by Gasteiger charge is -2.42. The van der Waals surface area contributed by atoms with Gasteiger partial charge in [0, 0.05) is 50.4 Å². The number of rotatable bonds is 9. The van der Waals surface area contributed by atoms with Gasteiger partial charge >= 0.3 is 12.2 Å². The number of fused-ring (bicyclic) bond motifs is 1. The van der Waals surface area contributed by atoms with Crippen LogP contribution in [0.5, 0.6) is 6.01 Å². The standard InChI is InChI=1S/C34H42ClF3N8O2/c1-42-14-5-7-25(42)23-48-33-40-28-22-44(29-9-4-8-27(35)31(29)34(36,37)38)18-12-26(28)32(41-33)45-19-20-46(24(21-45)11-13-39)30(47)10-6-17-43-15-2-3-16-43/h4,6,8-10,24-25H,2-3,5,7,11-12,14-23H2,1H3/b10-6+/t24-,25-/m0/s1. The summed E-state index contributed by atoms with van der Waals surface area (Å²) in [5, 5.41) is 9.34. The predicted octanol–water partition coefficient (Wildman–Crippen LogP) is 4.77. The lowest BCUT2D eigenvalue weighted by molar-refractivity contribution is -0.137. The first kappa shape index (κ1) is 34.3. The zero-order valence-electron chi connectivity index (χ0n) is 27.3. The molecule has 3 saturated heterocycles. The zero-order chi connectivity index (χ0) is 33.8. The molecule has 1 aromatic heterocycles. The molecule has 1 aromatic carbocycles. The first-order valence-electron chi connectivity index (χ1n) is 16.8. The minimum Gasteiger partial charge on any atom is -0.462 e. The Balaban J connectivity index is 1.26. The third kappa shape index (κ3) is 7.66. The Bertz CT molecular complexity index is 1540. The number of nitriles is 1. The highest BCUT2D eigenvalue weighted by Crippen LogP contribution is 2.43. The van der Waals surface area contributed by atoms with Crippen molar-refractivity contribution in [1.29, 1.82) is 5.26 Å². The fraction of sp³-hybridized carbons (Fsp3) is 0.588. The molecule has 0 bridgehead atoms. The summed E-state index contributed by atoms with van der Waals surface area (Å²) >= 11 is 6.07. The van der Waals surface area contributed by atoms with Crippen molar-refractivity contribution in [2.24, 2.45) is 0 Å². The second kappa shape index (κ2) is 14.9. The number of carbonyl (C=O) groups excluding carboxylic acids is 1. The number of piperazine rings is 1. The van der Waals surface area contributed by atoms with Crippen LogP contribution in [-0.4, -0.2) is 109 Å². The summed E-state index contributed by atoms with van der Waals surface area (Å²) in [7, 11) is 2.05. The number of likely N-dealkylation sites (tertiary alicyclic amines) is 2. The summed E-state index contributed by atoms with van der Waals surface area (Å²) in [5.41, 5.74) is 0.581. The number of likely N-dealkylation sites (N-methyl/N-ethyl adjacent to an activating group) is 1. The van der Waals surface area contributed by atoms with Crippen molar-refractivity contribution in [2.45, 2.75) is 63.3 Å². The quantitative estimate of drug-likeness (QED) is 0.346. The number of hydrogen-bond donors (Lipinski definition) is 0. The van der Waals surface area contributed by atoms with Crippen LogP contribution in [0, 0.1) is 11.3 Å². The maximum Gasteiger partial charge on any atom is 0.419 e. The van der Waals surface area contributed by atoms with Gasteiger partial charge in [-0.3, -0.25) is 9.69 Å². The number of alkyl halides is 3. The van der Waals surface area contributed by atoms with Gasteiger partial charge in [-0.05, 0) is 70.9 Å². The Morgan fingerprint density at radius 3 is 2.62 bits per heavy atom. The van der Waals surface area contributed by atoms with Crippen molar-refractivity contribution in [3.8, 4) is 12.1 Å². The van der Waals surface area contributed by atoms with Crippen molar-refractivity contribution >= 4 is 29.0 Å². The van der Waals surface area contributed by atoms with Crippen LogP contribution in [0.3, 0.4) is 0 Å². The van der Waals surface area contributed by atoms with E-state index >= 15 is 0 Å². The Kier molecular flexibility index (Phi) is 10.6. The highest BCUT2D eigenvalue weighted by Gasteiger charge is 2.39. The maximum absolute atomic E-state index is 14.1. The van der Waals surface area contributed by atoms with E-state index in [-0.39, 0.29) is 47.7 Å². The molecular weight excluding hydrogens is 645 g/mol. The van der Waals surface area contributed by atoms with Gasteiger partial charge in [0.2, 0.25) is 5.91 Å².